The second-order valence-electron chi connectivity index (χ2n) is 3.50. The number of hydrogen-bond donors (Lipinski definition) is 0. The van der Waals surface area contributed by atoms with Crippen LogP contribution >= 0.6 is 0 Å². The minimum Gasteiger partial charge on any atom is -0.487 e. The SMILES string of the molecule is CCOC(=O)c1cc([N+](=O)[O-])c(OCC)cc1[N+](=O)[O-]. The summed E-state index contributed by atoms with van der Waals surface area (Å²) in [6, 6.07) is 1.65. The molecule has 0 aromatic heterocycles. The summed E-state index contributed by atoms with van der Waals surface area (Å²) in [7, 11) is 0. The lowest BCUT2D eigenvalue weighted by Gasteiger charge is -2.07. The normalized spacial score (nSPS) is 9.90. The lowest BCUT2D eigenvalue weighted by atomic mass is 10.1. The molecule has 1 aromatic carbocycles. The van der Waals surface area contributed by atoms with Crippen LogP contribution in [0.3, 0.4) is 0 Å². The molecule has 0 aliphatic heterocycles. The van der Waals surface area contributed by atoms with E-state index in [1.807, 2.05) is 0 Å². The third kappa shape index (κ3) is 3.19. The van der Waals surface area contributed by atoms with Crippen LogP contribution in [0.15, 0.2) is 12.1 Å². The van der Waals surface area contributed by atoms with Gasteiger partial charge in [0, 0.05) is 6.07 Å². The van der Waals surface area contributed by atoms with Crippen molar-refractivity contribution in [1.29, 1.82) is 0 Å². The highest BCUT2D eigenvalue weighted by Gasteiger charge is 2.29. The molecule has 0 fully saturated rings. The van der Waals surface area contributed by atoms with Crippen LogP contribution in [0.5, 0.6) is 5.75 Å². The van der Waals surface area contributed by atoms with Gasteiger partial charge in [0.05, 0.1) is 29.1 Å². The molecule has 0 aliphatic rings. The van der Waals surface area contributed by atoms with Crippen molar-refractivity contribution in [3.63, 3.8) is 0 Å². The van der Waals surface area contributed by atoms with Gasteiger partial charge in [-0.05, 0) is 13.8 Å². The number of nitrogens with zero attached hydrogens (tertiary/aromatic N) is 2. The van der Waals surface area contributed by atoms with Gasteiger partial charge in [0.25, 0.3) is 5.69 Å². The first-order valence-electron chi connectivity index (χ1n) is 5.69. The van der Waals surface area contributed by atoms with E-state index in [2.05, 4.69) is 4.74 Å². The van der Waals surface area contributed by atoms with E-state index in [0.717, 1.165) is 12.1 Å². The predicted molar refractivity (Wildman–Crippen MR) is 66.9 cm³/mol. The molecule has 0 heterocycles. The van der Waals surface area contributed by atoms with E-state index < -0.39 is 32.8 Å². The number of carbonyl (C=O) groups is 1. The zero-order valence-corrected chi connectivity index (χ0v) is 10.8. The van der Waals surface area contributed by atoms with Crippen molar-refractivity contribution >= 4 is 17.3 Å². The van der Waals surface area contributed by atoms with Crippen LogP contribution in [0, 0.1) is 20.2 Å². The number of esters is 1. The molecule has 0 saturated carbocycles. The summed E-state index contributed by atoms with van der Waals surface area (Å²) < 4.78 is 9.63. The van der Waals surface area contributed by atoms with Gasteiger partial charge in [-0.1, -0.05) is 0 Å². The molecule has 0 atom stereocenters. The molecule has 0 N–H and O–H groups in total. The molecule has 108 valence electrons. The molecule has 0 aliphatic carbocycles. The van der Waals surface area contributed by atoms with E-state index in [9.17, 15) is 25.0 Å². The van der Waals surface area contributed by atoms with Gasteiger partial charge in [0.15, 0.2) is 0 Å². The van der Waals surface area contributed by atoms with Gasteiger partial charge in [0.1, 0.15) is 5.56 Å². The fraction of sp³-hybridized carbons (Fsp3) is 0.364. The van der Waals surface area contributed by atoms with Crippen molar-refractivity contribution in [2.75, 3.05) is 13.2 Å². The van der Waals surface area contributed by atoms with Crippen LogP contribution in [-0.2, 0) is 4.74 Å². The number of ether oxygens (including phenoxy) is 2. The Labute approximate surface area is 113 Å². The van der Waals surface area contributed by atoms with Gasteiger partial charge < -0.3 is 9.47 Å². The fourth-order valence-corrected chi connectivity index (χ4v) is 1.49. The van der Waals surface area contributed by atoms with E-state index >= 15 is 0 Å². The smallest absolute Gasteiger partial charge is 0.345 e. The Morgan fingerprint density at radius 1 is 1.10 bits per heavy atom. The summed E-state index contributed by atoms with van der Waals surface area (Å²) in [6.07, 6.45) is 0. The molecule has 0 bridgehead atoms. The van der Waals surface area contributed by atoms with Crippen molar-refractivity contribution in [1.82, 2.24) is 0 Å². The third-order valence-electron chi connectivity index (χ3n) is 2.27. The van der Waals surface area contributed by atoms with Crippen LogP contribution in [0.1, 0.15) is 24.2 Å². The average molecular weight is 284 g/mol. The van der Waals surface area contributed by atoms with Gasteiger partial charge >= 0.3 is 11.7 Å². The highest BCUT2D eigenvalue weighted by Crippen LogP contribution is 2.34. The largest absolute Gasteiger partial charge is 0.487 e. The quantitative estimate of drug-likeness (QED) is 0.445. The number of benzene rings is 1. The molecule has 0 saturated heterocycles. The maximum Gasteiger partial charge on any atom is 0.345 e. The van der Waals surface area contributed by atoms with E-state index in [0.29, 0.717) is 0 Å². The Bertz CT molecular complexity index is 556. The maximum atomic E-state index is 11.6. The van der Waals surface area contributed by atoms with Crippen LogP contribution < -0.4 is 4.74 Å². The van der Waals surface area contributed by atoms with Gasteiger partial charge in [0.2, 0.25) is 5.75 Å². The zero-order valence-electron chi connectivity index (χ0n) is 10.8. The number of nitro benzene ring substituents is 2. The number of nitro groups is 2. The lowest BCUT2D eigenvalue weighted by Crippen LogP contribution is -2.10. The van der Waals surface area contributed by atoms with Crippen molar-refractivity contribution in [2.24, 2.45) is 0 Å². The molecule has 0 unspecified atom stereocenters. The second kappa shape index (κ2) is 6.45. The Hall–Kier alpha value is -2.71. The number of carbonyl (C=O) groups excluding carboxylic acids is 1. The van der Waals surface area contributed by atoms with Crippen molar-refractivity contribution in [3.05, 3.63) is 37.9 Å². The van der Waals surface area contributed by atoms with Crippen LogP contribution in [0.2, 0.25) is 0 Å². The summed E-state index contributed by atoms with van der Waals surface area (Å²) in [5.74, 6) is -1.26. The zero-order chi connectivity index (χ0) is 15.3. The summed E-state index contributed by atoms with van der Waals surface area (Å²) in [5, 5.41) is 21.9. The molecule has 0 spiro atoms. The van der Waals surface area contributed by atoms with Crippen molar-refractivity contribution in [2.45, 2.75) is 13.8 Å². The van der Waals surface area contributed by atoms with Gasteiger partial charge in [-0.2, -0.15) is 0 Å². The summed E-state index contributed by atoms with van der Waals surface area (Å²) in [4.78, 5) is 31.9. The minimum atomic E-state index is -0.995. The van der Waals surface area contributed by atoms with Crippen LogP contribution in [0.25, 0.3) is 0 Å². The number of rotatable bonds is 6. The van der Waals surface area contributed by atoms with Gasteiger partial charge in [-0.25, -0.2) is 4.79 Å². The standard InChI is InChI=1S/C11H12N2O7/c1-3-19-10-6-8(12(15)16)7(11(14)20-4-2)5-9(10)13(17)18/h5-6H,3-4H2,1-2H3. The monoisotopic (exact) mass is 284 g/mol. The van der Waals surface area contributed by atoms with Crippen molar-refractivity contribution < 1.29 is 24.1 Å². The van der Waals surface area contributed by atoms with E-state index in [1.54, 1.807) is 6.92 Å². The highest BCUT2D eigenvalue weighted by molar-refractivity contribution is 5.95. The first-order valence-corrected chi connectivity index (χ1v) is 5.69. The topological polar surface area (TPSA) is 122 Å². The molecule has 0 radical (unpaired) electrons. The first-order chi connectivity index (χ1) is 9.42. The molecule has 9 nitrogen and oxygen atoms in total. The lowest BCUT2D eigenvalue weighted by molar-refractivity contribution is -0.390. The van der Waals surface area contributed by atoms with E-state index in [1.165, 1.54) is 6.92 Å². The Morgan fingerprint density at radius 2 is 1.70 bits per heavy atom. The Morgan fingerprint density at radius 3 is 2.15 bits per heavy atom. The summed E-state index contributed by atoms with van der Waals surface area (Å²) >= 11 is 0. The van der Waals surface area contributed by atoms with Gasteiger partial charge in [-0.15, -0.1) is 0 Å². The molecular formula is C11H12N2O7. The second-order valence-corrected chi connectivity index (χ2v) is 3.50. The Kier molecular flexibility index (Phi) is 4.95. The average Bonchev–Trinajstić information content (AvgIpc) is 2.38. The highest BCUT2D eigenvalue weighted by atomic mass is 16.6. The molecule has 9 heteroatoms. The Balaban J connectivity index is 3.48. The number of hydrogen-bond acceptors (Lipinski definition) is 7. The molecule has 1 aromatic rings. The summed E-state index contributed by atoms with van der Waals surface area (Å²) in [5.41, 5.74) is -1.61. The van der Waals surface area contributed by atoms with Crippen molar-refractivity contribution in [3.8, 4) is 5.75 Å². The third-order valence-corrected chi connectivity index (χ3v) is 2.27. The molecule has 20 heavy (non-hydrogen) atoms. The summed E-state index contributed by atoms with van der Waals surface area (Å²) in [6.45, 7) is 3.19. The minimum absolute atomic E-state index is 0.00298. The first kappa shape index (κ1) is 15.3. The fourth-order valence-electron chi connectivity index (χ4n) is 1.49. The maximum absolute atomic E-state index is 11.6. The van der Waals surface area contributed by atoms with Crippen LogP contribution in [-0.4, -0.2) is 29.0 Å². The van der Waals surface area contributed by atoms with E-state index in [-0.39, 0.29) is 19.0 Å². The molecule has 1 rings (SSSR count). The molecular weight excluding hydrogens is 272 g/mol. The van der Waals surface area contributed by atoms with E-state index in [4.69, 9.17) is 4.74 Å². The van der Waals surface area contributed by atoms with Crippen LogP contribution in [0.4, 0.5) is 11.4 Å². The predicted octanol–water partition coefficient (Wildman–Crippen LogP) is 2.08. The molecule has 0 amide bonds. The van der Waals surface area contributed by atoms with Gasteiger partial charge in [-0.3, -0.25) is 20.2 Å².